The highest BCUT2D eigenvalue weighted by Crippen LogP contribution is 2.36. The summed E-state index contributed by atoms with van der Waals surface area (Å²) in [7, 11) is 0. The van der Waals surface area contributed by atoms with E-state index in [2.05, 4.69) is 49.8 Å². The predicted octanol–water partition coefficient (Wildman–Crippen LogP) is 2.58. The summed E-state index contributed by atoms with van der Waals surface area (Å²) in [6.07, 6.45) is 2.89. The Balaban J connectivity index is 1.70. The molecule has 23 heavy (non-hydrogen) atoms. The molecule has 0 aliphatic carbocycles. The van der Waals surface area contributed by atoms with Crippen molar-refractivity contribution in [3.63, 3.8) is 0 Å². The number of nitrogens with one attached hydrogen (secondary N) is 2. The third-order valence-electron chi connectivity index (χ3n) is 4.50. The standard InChI is InChI=1S/C16H23BrN4OS/c1-2-18-15(19-8-13-6-12(17)9-23-13)21-5-3-4-16(11-21)7-14(22)20-10-16/h6,9H,2-5,7-8,10-11H2,1H3,(H,18,19)(H,20,22). The SMILES string of the molecule is CCNC(=NCc1cc(Br)cs1)N1CCCC2(CNC(=O)C2)C1. The molecule has 0 aromatic carbocycles. The number of amides is 1. The zero-order valence-corrected chi connectivity index (χ0v) is 15.8. The van der Waals surface area contributed by atoms with Gasteiger partial charge in [0, 0.05) is 52.7 Å². The summed E-state index contributed by atoms with van der Waals surface area (Å²) in [4.78, 5) is 20.0. The third kappa shape index (κ3) is 4.07. The van der Waals surface area contributed by atoms with Crippen LogP contribution in [0.2, 0.25) is 0 Å². The Hall–Kier alpha value is -1.08. The van der Waals surface area contributed by atoms with Crippen LogP contribution in [0, 0.1) is 5.41 Å². The minimum absolute atomic E-state index is 0.0947. The Morgan fingerprint density at radius 2 is 2.48 bits per heavy atom. The first-order valence-corrected chi connectivity index (χ1v) is 9.80. The molecule has 0 bridgehead atoms. The Morgan fingerprint density at radius 1 is 1.61 bits per heavy atom. The lowest BCUT2D eigenvalue weighted by atomic mass is 9.79. The van der Waals surface area contributed by atoms with E-state index in [1.807, 2.05) is 0 Å². The van der Waals surface area contributed by atoms with Gasteiger partial charge in [0.25, 0.3) is 0 Å². The number of halogens is 1. The second-order valence-electron chi connectivity index (χ2n) is 6.38. The monoisotopic (exact) mass is 398 g/mol. The number of thiophene rings is 1. The minimum atomic E-state index is 0.0947. The largest absolute Gasteiger partial charge is 0.357 e. The number of carbonyl (C=O) groups excluding carboxylic acids is 1. The van der Waals surface area contributed by atoms with E-state index < -0.39 is 0 Å². The van der Waals surface area contributed by atoms with Crippen LogP contribution in [-0.4, -0.2) is 42.9 Å². The lowest BCUT2D eigenvalue weighted by Crippen LogP contribution is -2.51. The van der Waals surface area contributed by atoms with Crippen LogP contribution < -0.4 is 10.6 Å². The number of nitrogens with zero attached hydrogens (tertiary/aromatic N) is 2. The summed E-state index contributed by atoms with van der Waals surface area (Å²) < 4.78 is 1.12. The highest BCUT2D eigenvalue weighted by Gasteiger charge is 2.42. The molecular weight excluding hydrogens is 376 g/mol. The molecule has 3 rings (SSSR count). The van der Waals surface area contributed by atoms with Crippen LogP contribution in [0.4, 0.5) is 0 Å². The fourth-order valence-corrected chi connectivity index (χ4v) is 4.82. The van der Waals surface area contributed by atoms with Gasteiger partial charge in [0.05, 0.1) is 6.54 Å². The third-order valence-corrected chi connectivity index (χ3v) is 6.18. The van der Waals surface area contributed by atoms with E-state index in [0.29, 0.717) is 13.0 Å². The summed E-state index contributed by atoms with van der Waals surface area (Å²) >= 11 is 5.21. The maximum absolute atomic E-state index is 11.7. The fourth-order valence-electron chi connectivity index (χ4n) is 3.44. The van der Waals surface area contributed by atoms with Crippen LogP contribution >= 0.6 is 27.3 Å². The van der Waals surface area contributed by atoms with Gasteiger partial charge in [-0.1, -0.05) is 0 Å². The average molecular weight is 399 g/mol. The van der Waals surface area contributed by atoms with Gasteiger partial charge in [0.2, 0.25) is 5.91 Å². The van der Waals surface area contributed by atoms with Crippen LogP contribution in [0.15, 0.2) is 20.9 Å². The number of carbonyl (C=O) groups is 1. The number of hydrogen-bond acceptors (Lipinski definition) is 3. The Bertz CT molecular complexity index is 603. The molecular formula is C16H23BrN4OS. The number of piperidine rings is 1. The van der Waals surface area contributed by atoms with Crippen molar-refractivity contribution in [2.24, 2.45) is 10.4 Å². The molecule has 2 N–H and O–H groups in total. The lowest BCUT2D eigenvalue weighted by Gasteiger charge is -2.40. The molecule has 1 atom stereocenters. The normalized spacial score (nSPS) is 25.0. The van der Waals surface area contributed by atoms with Crippen molar-refractivity contribution in [3.05, 3.63) is 20.8 Å². The van der Waals surface area contributed by atoms with Crippen LogP contribution in [-0.2, 0) is 11.3 Å². The highest BCUT2D eigenvalue weighted by molar-refractivity contribution is 9.10. The maximum Gasteiger partial charge on any atom is 0.220 e. The van der Waals surface area contributed by atoms with E-state index in [-0.39, 0.29) is 11.3 Å². The number of guanidine groups is 1. The van der Waals surface area contributed by atoms with E-state index in [9.17, 15) is 4.79 Å². The first-order chi connectivity index (χ1) is 11.1. The topological polar surface area (TPSA) is 56.7 Å². The van der Waals surface area contributed by atoms with Gasteiger partial charge in [0.1, 0.15) is 0 Å². The molecule has 2 aliphatic rings. The van der Waals surface area contributed by atoms with Gasteiger partial charge < -0.3 is 15.5 Å². The molecule has 1 aromatic heterocycles. The van der Waals surface area contributed by atoms with Gasteiger partial charge in [-0.15, -0.1) is 11.3 Å². The molecule has 2 fully saturated rings. The summed E-state index contributed by atoms with van der Waals surface area (Å²) in [6.45, 7) is 6.37. The number of aliphatic imine (C=N–C) groups is 1. The second-order valence-corrected chi connectivity index (χ2v) is 8.29. The average Bonchev–Trinajstić information content (AvgIpc) is 3.10. The minimum Gasteiger partial charge on any atom is -0.357 e. The van der Waals surface area contributed by atoms with E-state index >= 15 is 0 Å². The molecule has 1 unspecified atom stereocenters. The van der Waals surface area contributed by atoms with Crippen molar-refractivity contribution in [2.45, 2.75) is 32.7 Å². The van der Waals surface area contributed by atoms with E-state index in [1.165, 1.54) is 4.88 Å². The predicted molar refractivity (Wildman–Crippen MR) is 97.7 cm³/mol. The highest BCUT2D eigenvalue weighted by atomic mass is 79.9. The zero-order chi connectivity index (χ0) is 16.3. The molecule has 0 saturated carbocycles. The molecule has 2 aliphatic heterocycles. The summed E-state index contributed by atoms with van der Waals surface area (Å²) in [6, 6.07) is 2.12. The van der Waals surface area contributed by atoms with Gasteiger partial charge in [0.15, 0.2) is 5.96 Å². The molecule has 0 radical (unpaired) electrons. The van der Waals surface area contributed by atoms with Crippen molar-refractivity contribution in [1.29, 1.82) is 0 Å². The van der Waals surface area contributed by atoms with Crippen LogP contribution in [0.3, 0.4) is 0 Å². The number of hydrogen-bond donors (Lipinski definition) is 2. The molecule has 126 valence electrons. The Labute approximate surface area is 149 Å². The second kappa shape index (κ2) is 7.21. The maximum atomic E-state index is 11.7. The molecule has 7 heteroatoms. The van der Waals surface area contributed by atoms with E-state index in [1.54, 1.807) is 11.3 Å². The first kappa shape index (κ1) is 16.8. The van der Waals surface area contributed by atoms with Crippen LogP contribution in [0.25, 0.3) is 0 Å². The summed E-state index contributed by atoms with van der Waals surface area (Å²) in [5.74, 6) is 1.16. The van der Waals surface area contributed by atoms with Gasteiger partial charge in [-0.25, -0.2) is 4.99 Å². The van der Waals surface area contributed by atoms with Gasteiger partial charge >= 0.3 is 0 Å². The van der Waals surface area contributed by atoms with E-state index in [0.717, 1.165) is 49.5 Å². The van der Waals surface area contributed by atoms with Crippen LogP contribution in [0.1, 0.15) is 31.1 Å². The first-order valence-electron chi connectivity index (χ1n) is 8.13. The fraction of sp³-hybridized carbons (Fsp3) is 0.625. The van der Waals surface area contributed by atoms with Gasteiger partial charge in [-0.05, 0) is 41.8 Å². The zero-order valence-electron chi connectivity index (χ0n) is 13.4. The molecule has 5 nitrogen and oxygen atoms in total. The molecule has 1 spiro atoms. The Kier molecular flexibility index (Phi) is 5.26. The molecule has 2 saturated heterocycles. The molecule has 3 heterocycles. The van der Waals surface area contributed by atoms with E-state index in [4.69, 9.17) is 4.99 Å². The van der Waals surface area contributed by atoms with Gasteiger partial charge in [-0.3, -0.25) is 4.79 Å². The van der Waals surface area contributed by atoms with Crippen molar-refractivity contribution >= 4 is 39.1 Å². The van der Waals surface area contributed by atoms with Crippen LogP contribution in [0.5, 0.6) is 0 Å². The summed E-state index contributed by atoms with van der Waals surface area (Å²) in [5.41, 5.74) is 0.0947. The Morgan fingerprint density at radius 3 is 3.13 bits per heavy atom. The molecule has 1 amide bonds. The quantitative estimate of drug-likeness (QED) is 0.607. The van der Waals surface area contributed by atoms with Gasteiger partial charge in [-0.2, -0.15) is 0 Å². The van der Waals surface area contributed by atoms with Crippen molar-refractivity contribution in [2.75, 3.05) is 26.2 Å². The number of likely N-dealkylation sites (tertiary alicyclic amines) is 1. The van der Waals surface area contributed by atoms with Crippen molar-refractivity contribution in [3.8, 4) is 0 Å². The lowest BCUT2D eigenvalue weighted by molar-refractivity contribution is -0.119. The number of rotatable bonds is 3. The smallest absolute Gasteiger partial charge is 0.220 e. The summed E-state index contributed by atoms with van der Waals surface area (Å²) in [5, 5.41) is 8.50. The van der Waals surface area contributed by atoms with Crippen molar-refractivity contribution < 1.29 is 4.79 Å². The molecule has 1 aromatic rings. The van der Waals surface area contributed by atoms with Crippen molar-refractivity contribution in [1.82, 2.24) is 15.5 Å².